The summed E-state index contributed by atoms with van der Waals surface area (Å²) in [4.78, 5) is 28.9. The van der Waals surface area contributed by atoms with Gasteiger partial charge in [0, 0.05) is 31.5 Å². The molecule has 0 radical (unpaired) electrons. The van der Waals surface area contributed by atoms with Gasteiger partial charge in [0.25, 0.3) is 5.91 Å². The van der Waals surface area contributed by atoms with Crippen LogP contribution < -0.4 is 0 Å². The van der Waals surface area contributed by atoms with E-state index in [2.05, 4.69) is 4.98 Å². The molecule has 5 nitrogen and oxygen atoms in total. The van der Waals surface area contributed by atoms with Crippen molar-refractivity contribution in [1.29, 1.82) is 0 Å². The van der Waals surface area contributed by atoms with Gasteiger partial charge in [-0.1, -0.05) is 36.8 Å². The van der Waals surface area contributed by atoms with Gasteiger partial charge in [0.15, 0.2) is 0 Å². The normalized spacial score (nSPS) is 11.8. The fourth-order valence-corrected chi connectivity index (χ4v) is 2.25. The van der Waals surface area contributed by atoms with E-state index in [9.17, 15) is 9.59 Å². The Labute approximate surface area is 135 Å². The summed E-state index contributed by atoms with van der Waals surface area (Å²) in [6, 6.07) is 9.75. The molecule has 1 N–H and O–H groups in total. The van der Waals surface area contributed by atoms with Gasteiger partial charge in [0.05, 0.1) is 11.5 Å². The molecule has 1 unspecified atom stereocenters. The third-order valence-corrected chi connectivity index (χ3v) is 3.69. The monoisotopic (exact) mass is 312 g/mol. The topological polar surface area (TPSA) is 70.5 Å². The average molecular weight is 312 g/mol. The smallest absolute Gasteiger partial charge is 0.308 e. The van der Waals surface area contributed by atoms with Gasteiger partial charge in [-0.15, -0.1) is 0 Å². The second kappa shape index (κ2) is 7.05. The van der Waals surface area contributed by atoms with Crippen LogP contribution in [-0.2, 0) is 4.79 Å². The maximum atomic E-state index is 12.4. The predicted octanol–water partition coefficient (Wildman–Crippen LogP) is 2.85. The van der Waals surface area contributed by atoms with Crippen LogP contribution in [0.4, 0.5) is 0 Å². The fourth-order valence-electron chi connectivity index (χ4n) is 2.25. The van der Waals surface area contributed by atoms with Crippen molar-refractivity contribution in [3.8, 4) is 11.1 Å². The SMILES string of the molecule is Cc1ccc(-c2cncc(C(=O)N(C)CC(C)C(=O)O)c2)cc1. The minimum atomic E-state index is -0.920. The predicted molar refractivity (Wildman–Crippen MR) is 88.2 cm³/mol. The van der Waals surface area contributed by atoms with E-state index in [0.29, 0.717) is 5.56 Å². The van der Waals surface area contributed by atoms with Gasteiger partial charge in [-0.2, -0.15) is 0 Å². The maximum absolute atomic E-state index is 12.4. The van der Waals surface area contributed by atoms with E-state index in [1.807, 2.05) is 31.2 Å². The lowest BCUT2D eigenvalue weighted by Crippen LogP contribution is -2.33. The molecule has 0 saturated carbocycles. The molecule has 120 valence electrons. The van der Waals surface area contributed by atoms with Gasteiger partial charge in [-0.3, -0.25) is 14.6 Å². The number of amides is 1. The van der Waals surface area contributed by atoms with E-state index in [-0.39, 0.29) is 12.5 Å². The molecule has 0 fully saturated rings. The number of nitrogens with zero attached hydrogens (tertiary/aromatic N) is 2. The zero-order valence-corrected chi connectivity index (χ0v) is 13.5. The third kappa shape index (κ3) is 4.16. The summed E-state index contributed by atoms with van der Waals surface area (Å²) in [5.41, 5.74) is 3.45. The van der Waals surface area contributed by atoms with Gasteiger partial charge < -0.3 is 10.0 Å². The van der Waals surface area contributed by atoms with Crippen LogP contribution in [0.15, 0.2) is 42.7 Å². The highest BCUT2D eigenvalue weighted by atomic mass is 16.4. The molecule has 1 aromatic carbocycles. The highest BCUT2D eigenvalue weighted by Crippen LogP contribution is 2.20. The van der Waals surface area contributed by atoms with E-state index in [4.69, 9.17) is 5.11 Å². The first-order chi connectivity index (χ1) is 10.9. The van der Waals surface area contributed by atoms with Gasteiger partial charge in [0.2, 0.25) is 0 Å². The van der Waals surface area contributed by atoms with E-state index in [1.54, 1.807) is 26.2 Å². The lowest BCUT2D eigenvalue weighted by Gasteiger charge is -2.19. The van der Waals surface area contributed by atoms with E-state index in [0.717, 1.165) is 16.7 Å². The summed E-state index contributed by atoms with van der Waals surface area (Å²) in [7, 11) is 1.60. The Hall–Kier alpha value is -2.69. The minimum absolute atomic E-state index is 0.156. The van der Waals surface area contributed by atoms with Crippen LogP contribution in [0.1, 0.15) is 22.8 Å². The molecule has 2 rings (SSSR count). The van der Waals surface area contributed by atoms with Crippen LogP contribution in [0.25, 0.3) is 11.1 Å². The summed E-state index contributed by atoms with van der Waals surface area (Å²) in [6.45, 7) is 3.75. The first-order valence-corrected chi connectivity index (χ1v) is 7.39. The number of carboxylic acids is 1. The Morgan fingerprint density at radius 3 is 2.43 bits per heavy atom. The number of pyridine rings is 1. The van der Waals surface area contributed by atoms with E-state index in [1.165, 1.54) is 11.1 Å². The Balaban J connectivity index is 2.20. The number of aryl methyl sites for hydroxylation is 1. The lowest BCUT2D eigenvalue weighted by molar-refractivity contribution is -0.141. The van der Waals surface area contributed by atoms with Gasteiger partial charge in [-0.05, 0) is 18.6 Å². The number of hydrogen-bond donors (Lipinski definition) is 1. The maximum Gasteiger partial charge on any atom is 0.308 e. The van der Waals surface area contributed by atoms with Crippen LogP contribution in [0.5, 0.6) is 0 Å². The molecule has 1 atom stereocenters. The Morgan fingerprint density at radius 2 is 1.83 bits per heavy atom. The second-order valence-electron chi connectivity index (χ2n) is 5.75. The number of aromatic nitrogens is 1. The van der Waals surface area contributed by atoms with Crippen molar-refractivity contribution in [2.75, 3.05) is 13.6 Å². The Morgan fingerprint density at radius 1 is 1.17 bits per heavy atom. The first-order valence-electron chi connectivity index (χ1n) is 7.39. The molecule has 0 spiro atoms. The lowest BCUT2D eigenvalue weighted by atomic mass is 10.0. The van der Waals surface area contributed by atoms with E-state index >= 15 is 0 Å². The molecule has 0 aliphatic heterocycles. The van der Waals surface area contributed by atoms with Crippen molar-refractivity contribution in [3.63, 3.8) is 0 Å². The molecule has 1 heterocycles. The zero-order valence-electron chi connectivity index (χ0n) is 13.5. The van der Waals surface area contributed by atoms with Crippen LogP contribution in [-0.4, -0.2) is 40.5 Å². The van der Waals surface area contributed by atoms with Crippen molar-refractivity contribution in [2.24, 2.45) is 5.92 Å². The van der Waals surface area contributed by atoms with Gasteiger partial charge in [-0.25, -0.2) is 0 Å². The summed E-state index contributed by atoms with van der Waals surface area (Å²) < 4.78 is 0. The molecule has 0 saturated heterocycles. The standard InChI is InChI=1S/C18H20N2O3/c1-12-4-6-14(7-5-12)15-8-16(10-19-9-15)17(21)20(3)11-13(2)18(22)23/h4-10,13H,11H2,1-3H3,(H,22,23). The summed E-state index contributed by atoms with van der Waals surface area (Å²) >= 11 is 0. The molecule has 0 bridgehead atoms. The molecular weight excluding hydrogens is 292 g/mol. The number of carboxylic acid groups (broad SMARTS) is 1. The molecular formula is C18H20N2O3. The van der Waals surface area contributed by atoms with E-state index < -0.39 is 11.9 Å². The molecule has 1 aromatic heterocycles. The zero-order chi connectivity index (χ0) is 17.0. The van der Waals surface area contributed by atoms with Crippen LogP contribution in [0, 0.1) is 12.8 Å². The largest absolute Gasteiger partial charge is 0.481 e. The van der Waals surface area contributed by atoms with Crippen molar-refractivity contribution in [2.45, 2.75) is 13.8 Å². The van der Waals surface area contributed by atoms with Crippen LogP contribution in [0.2, 0.25) is 0 Å². The number of rotatable bonds is 5. The Kier molecular flexibility index (Phi) is 5.11. The first kappa shape index (κ1) is 16.7. The van der Waals surface area contributed by atoms with Crippen molar-refractivity contribution < 1.29 is 14.7 Å². The number of carbonyl (C=O) groups is 2. The molecule has 0 aliphatic rings. The highest BCUT2D eigenvalue weighted by Gasteiger charge is 2.19. The Bertz CT molecular complexity index is 710. The molecule has 1 amide bonds. The van der Waals surface area contributed by atoms with Crippen molar-refractivity contribution >= 4 is 11.9 Å². The second-order valence-corrected chi connectivity index (χ2v) is 5.75. The number of carbonyl (C=O) groups excluding carboxylic acids is 1. The van der Waals surface area contributed by atoms with Crippen LogP contribution >= 0.6 is 0 Å². The molecule has 2 aromatic rings. The summed E-state index contributed by atoms with van der Waals surface area (Å²) in [5, 5.41) is 8.95. The summed E-state index contributed by atoms with van der Waals surface area (Å²) in [5.74, 6) is -1.77. The number of aliphatic carboxylic acids is 1. The average Bonchev–Trinajstić information content (AvgIpc) is 2.54. The highest BCUT2D eigenvalue weighted by molar-refractivity contribution is 5.95. The summed E-state index contributed by atoms with van der Waals surface area (Å²) in [6.07, 6.45) is 3.21. The fraction of sp³-hybridized carbons (Fsp3) is 0.278. The quantitative estimate of drug-likeness (QED) is 0.921. The van der Waals surface area contributed by atoms with Crippen molar-refractivity contribution in [3.05, 3.63) is 53.9 Å². The minimum Gasteiger partial charge on any atom is -0.481 e. The number of benzene rings is 1. The third-order valence-electron chi connectivity index (χ3n) is 3.69. The van der Waals surface area contributed by atoms with Crippen LogP contribution in [0.3, 0.4) is 0 Å². The van der Waals surface area contributed by atoms with Gasteiger partial charge in [0.1, 0.15) is 0 Å². The molecule has 23 heavy (non-hydrogen) atoms. The molecule has 0 aliphatic carbocycles. The van der Waals surface area contributed by atoms with Gasteiger partial charge >= 0.3 is 5.97 Å². The number of hydrogen-bond acceptors (Lipinski definition) is 3. The van der Waals surface area contributed by atoms with Crippen molar-refractivity contribution in [1.82, 2.24) is 9.88 Å². The molecule has 5 heteroatoms.